The molecule has 0 heterocycles. The molecule has 0 bridgehead atoms. The van der Waals surface area contributed by atoms with E-state index < -0.39 is 0 Å². The van der Waals surface area contributed by atoms with Gasteiger partial charge in [-0.3, -0.25) is 4.79 Å². The monoisotopic (exact) mass is 451 g/mol. The van der Waals surface area contributed by atoms with Gasteiger partial charge in [-0.15, -0.1) is 0 Å². The lowest BCUT2D eigenvalue weighted by Crippen LogP contribution is -2.31. The Labute approximate surface area is 203 Å². The van der Waals surface area contributed by atoms with Crippen molar-refractivity contribution >= 4 is 5.91 Å². The highest BCUT2D eigenvalue weighted by Gasteiger charge is 2.04. The number of hydrogen-bond donors (Lipinski definition) is 1. The molecule has 192 valence electrons. The van der Waals surface area contributed by atoms with E-state index in [-0.39, 0.29) is 5.91 Å². The summed E-state index contributed by atoms with van der Waals surface area (Å²) in [6, 6.07) is 0.326. The van der Waals surface area contributed by atoms with Gasteiger partial charge in [0, 0.05) is 12.5 Å². The maximum Gasteiger partial charge on any atom is 0.220 e. The number of carbonyl (C=O) groups is 1. The van der Waals surface area contributed by atoms with E-state index in [9.17, 15) is 4.79 Å². The van der Waals surface area contributed by atoms with Crippen molar-refractivity contribution in [3.05, 3.63) is 0 Å². The van der Waals surface area contributed by atoms with Crippen LogP contribution in [0, 0.1) is 0 Å². The van der Waals surface area contributed by atoms with Crippen LogP contribution in [0.4, 0.5) is 0 Å². The van der Waals surface area contributed by atoms with Gasteiger partial charge >= 0.3 is 0 Å². The van der Waals surface area contributed by atoms with Crippen LogP contribution >= 0.6 is 0 Å². The second-order valence-corrected chi connectivity index (χ2v) is 10.4. The summed E-state index contributed by atoms with van der Waals surface area (Å²) in [6.07, 6.45) is 34.2. The van der Waals surface area contributed by atoms with Crippen molar-refractivity contribution < 1.29 is 4.79 Å². The van der Waals surface area contributed by atoms with Gasteiger partial charge < -0.3 is 5.32 Å². The highest BCUT2D eigenvalue weighted by atomic mass is 16.1. The molecule has 0 radical (unpaired) electrons. The zero-order chi connectivity index (χ0) is 23.5. The molecule has 32 heavy (non-hydrogen) atoms. The average molecular weight is 452 g/mol. The Morgan fingerprint density at radius 2 is 0.781 bits per heavy atom. The van der Waals surface area contributed by atoms with E-state index in [2.05, 4.69) is 26.1 Å². The molecule has 0 aliphatic heterocycles. The van der Waals surface area contributed by atoms with Crippen LogP contribution in [0.2, 0.25) is 0 Å². The van der Waals surface area contributed by atoms with E-state index in [1.807, 2.05) is 0 Å². The van der Waals surface area contributed by atoms with E-state index in [1.165, 1.54) is 141 Å². The third kappa shape index (κ3) is 25.7. The first-order valence-corrected chi connectivity index (χ1v) is 15.0. The van der Waals surface area contributed by atoms with Crippen molar-refractivity contribution in [1.82, 2.24) is 5.32 Å². The molecular formula is C30H61NO. The minimum atomic E-state index is 0.239. The van der Waals surface area contributed by atoms with Crippen molar-refractivity contribution in [2.24, 2.45) is 0 Å². The third-order valence-corrected chi connectivity index (χ3v) is 7.03. The van der Waals surface area contributed by atoms with Crippen LogP contribution in [0.15, 0.2) is 0 Å². The fourth-order valence-electron chi connectivity index (χ4n) is 4.52. The molecular weight excluding hydrogens is 390 g/mol. The molecule has 0 spiro atoms. The summed E-state index contributed by atoms with van der Waals surface area (Å²) < 4.78 is 0. The Balaban J connectivity index is 3.09. The molecule has 2 heteroatoms. The summed E-state index contributed by atoms with van der Waals surface area (Å²) in [4.78, 5) is 11.7. The summed E-state index contributed by atoms with van der Waals surface area (Å²) in [5.74, 6) is 0.239. The summed E-state index contributed by atoms with van der Waals surface area (Å²) in [5.41, 5.74) is 0. The number of carbonyl (C=O) groups excluding carboxylic acids is 1. The lowest BCUT2D eigenvalue weighted by Gasteiger charge is -2.10. The lowest BCUT2D eigenvalue weighted by molar-refractivity contribution is -0.121. The molecule has 2 nitrogen and oxygen atoms in total. The fourth-order valence-corrected chi connectivity index (χ4v) is 4.52. The van der Waals surface area contributed by atoms with Crippen LogP contribution < -0.4 is 5.32 Å². The molecule has 0 aliphatic carbocycles. The Bertz CT molecular complexity index is 368. The molecule has 1 amide bonds. The molecule has 0 aromatic carbocycles. The normalized spacial score (nSPS) is 12.2. The van der Waals surface area contributed by atoms with E-state index >= 15 is 0 Å². The minimum absolute atomic E-state index is 0.239. The summed E-state index contributed by atoms with van der Waals surface area (Å²) >= 11 is 0. The maximum atomic E-state index is 11.7. The summed E-state index contributed by atoms with van der Waals surface area (Å²) in [5, 5.41) is 3.06. The van der Waals surface area contributed by atoms with Gasteiger partial charge in [0.1, 0.15) is 0 Å². The van der Waals surface area contributed by atoms with Crippen LogP contribution in [-0.4, -0.2) is 11.9 Å². The fraction of sp³-hybridized carbons (Fsp3) is 0.967. The predicted molar refractivity (Wildman–Crippen MR) is 144 cm³/mol. The maximum absolute atomic E-state index is 11.7. The molecule has 0 aromatic heterocycles. The molecule has 0 aromatic rings. The van der Waals surface area contributed by atoms with Gasteiger partial charge in [-0.25, -0.2) is 0 Å². The summed E-state index contributed by atoms with van der Waals surface area (Å²) in [6.45, 7) is 6.49. The average Bonchev–Trinajstić information content (AvgIpc) is 2.79. The van der Waals surface area contributed by atoms with Gasteiger partial charge in [0.05, 0.1) is 0 Å². The number of hydrogen-bond acceptors (Lipinski definition) is 1. The zero-order valence-electron chi connectivity index (χ0n) is 22.7. The Morgan fingerprint density at radius 3 is 1.06 bits per heavy atom. The highest BCUT2D eigenvalue weighted by Crippen LogP contribution is 2.15. The van der Waals surface area contributed by atoms with Gasteiger partial charge in [0.2, 0.25) is 5.91 Å². The SMILES string of the molecule is CCCCCCCCCCCCCCCCCCCCCCCCCC(=O)N[C@H](C)CC. The van der Waals surface area contributed by atoms with E-state index in [4.69, 9.17) is 0 Å². The Hall–Kier alpha value is -0.530. The predicted octanol–water partition coefficient (Wildman–Crippen LogP) is 10.3. The van der Waals surface area contributed by atoms with Crippen LogP contribution in [0.1, 0.15) is 181 Å². The van der Waals surface area contributed by atoms with Gasteiger partial charge in [-0.1, -0.05) is 155 Å². The topological polar surface area (TPSA) is 29.1 Å². The van der Waals surface area contributed by atoms with Crippen molar-refractivity contribution in [3.8, 4) is 0 Å². The number of unbranched alkanes of at least 4 members (excludes halogenated alkanes) is 22. The largest absolute Gasteiger partial charge is 0.354 e. The molecule has 0 saturated heterocycles. The second-order valence-electron chi connectivity index (χ2n) is 10.4. The molecule has 0 saturated carbocycles. The molecule has 0 fully saturated rings. The summed E-state index contributed by atoms with van der Waals surface area (Å²) in [7, 11) is 0. The van der Waals surface area contributed by atoms with Crippen molar-refractivity contribution in [3.63, 3.8) is 0 Å². The van der Waals surface area contributed by atoms with Gasteiger partial charge in [0.25, 0.3) is 0 Å². The standard InChI is InChI=1S/C30H61NO/c1-4-6-7-8-9-10-11-12-13-14-15-16-17-18-19-20-21-22-23-24-25-26-27-28-30(32)31-29(3)5-2/h29H,4-28H2,1-3H3,(H,31,32)/t29-/m1/s1. The molecule has 1 N–H and O–H groups in total. The Kier molecular flexibility index (Phi) is 26.3. The first kappa shape index (κ1) is 31.5. The third-order valence-electron chi connectivity index (χ3n) is 7.03. The Morgan fingerprint density at radius 1 is 0.500 bits per heavy atom. The first-order chi connectivity index (χ1) is 15.7. The smallest absolute Gasteiger partial charge is 0.220 e. The van der Waals surface area contributed by atoms with E-state index in [0.717, 1.165) is 12.8 Å². The molecule has 1 atom stereocenters. The van der Waals surface area contributed by atoms with E-state index in [0.29, 0.717) is 12.5 Å². The zero-order valence-corrected chi connectivity index (χ0v) is 22.7. The minimum Gasteiger partial charge on any atom is -0.354 e. The van der Waals surface area contributed by atoms with Crippen molar-refractivity contribution in [1.29, 1.82) is 0 Å². The van der Waals surface area contributed by atoms with Gasteiger partial charge in [-0.2, -0.15) is 0 Å². The molecule has 0 aliphatic rings. The van der Waals surface area contributed by atoms with Crippen molar-refractivity contribution in [2.45, 2.75) is 187 Å². The van der Waals surface area contributed by atoms with E-state index in [1.54, 1.807) is 0 Å². The number of nitrogens with one attached hydrogen (secondary N) is 1. The van der Waals surface area contributed by atoms with Gasteiger partial charge in [0.15, 0.2) is 0 Å². The number of amides is 1. The quantitative estimate of drug-likeness (QED) is 0.130. The number of rotatable bonds is 26. The van der Waals surface area contributed by atoms with Crippen LogP contribution in [0.3, 0.4) is 0 Å². The van der Waals surface area contributed by atoms with Crippen LogP contribution in [0.5, 0.6) is 0 Å². The molecule has 0 rings (SSSR count). The molecule has 0 unspecified atom stereocenters. The van der Waals surface area contributed by atoms with Crippen LogP contribution in [0.25, 0.3) is 0 Å². The van der Waals surface area contributed by atoms with Crippen molar-refractivity contribution in [2.75, 3.05) is 0 Å². The lowest BCUT2D eigenvalue weighted by atomic mass is 10.0. The van der Waals surface area contributed by atoms with Crippen LogP contribution in [-0.2, 0) is 4.79 Å². The second kappa shape index (κ2) is 26.7. The van der Waals surface area contributed by atoms with Gasteiger partial charge in [-0.05, 0) is 19.8 Å². The first-order valence-electron chi connectivity index (χ1n) is 15.0. The highest BCUT2D eigenvalue weighted by molar-refractivity contribution is 5.76.